The zero-order valence-corrected chi connectivity index (χ0v) is 8.35. The van der Waals surface area contributed by atoms with Crippen LogP contribution in [0.5, 0.6) is 0 Å². The molecule has 1 atom stereocenters. The second-order valence-corrected chi connectivity index (χ2v) is 4.38. The molecule has 0 rings (SSSR count). The first kappa shape index (κ1) is 11.2. The highest BCUT2D eigenvalue weighted by molar-refractivity contribution is 5.85. The Bertz CT molecular complexity index is 187. The quantitative estimate of drug-likeness (QED) is 0.661. The normalized spacial score (nSPS) is 14.0. The first-order chi connectivity index (χ1) is 5.25. The Morgan fingerprint density at radius 3 is 2.17 bits per heavy atom. The molecule has 0 aliphatic heterocycles. The summed E-state index contributed by atoms with van der Waals surface area (Å²) < 4.78 is 0. The zero-order chi connectivity index (χ0) is 9.94. The molecule has 0 fully saturated rings. The minimum atomic E-state index is -0.883. The van der Waals surface area contributed by atoms with Gasteiger partial charge >= 0.3 is 5.97 Å². The lowest BCUT2D eigenvalue weighted by molar-refractivity contribution is -0.132. The van der Waals surface area contributed by atoms with Crippen LogP contribution < -0.4 is 0 Å². The molecule has 2 nitrogen and oxygen atoms in total. The van der Waals surface area contributed by atoms with E-state index < -0.39 is 5.97 Å². The molecule has 2 heteroatoms. The fourth-order valence-corrected chi connectivity index (χ4v) is 0.763. The first-order valence-corrected chi connectivity index (χ1v) is 4.16. The lowest BCUT2D eigenvalue weighted by Gasteiger charge is -2.27. The van der Waals surface area contributed by atoms with Gasteiger partial charge in [0.1, 0.15) is 0 Å². The van der Waals surface area contributed by atoms with E-state index in [9.17, 15) is 4.79 Å². The molecule has 0 aliphatic carbocycles. The molecule has 0 saturated heterocycles. The number of aliphatic carboxylic acids is 1. The standard InChI is InChI=1S/C10H18O2/c1-7(9(11)12)6-8(2)10(3,4)5/h8H,1,6H2,2-5H3,(H,11,12). The lowest BCUT2D eigenvalue weighted by atomic mass is 9.79. The average molecular weight is 170 g/mol. The predicted molar refractivity (Wildman–Crippen MR) is 50.0 cm³/mol. The van der Waals surface area contributed by atoms with Crippen molar-refractivity contribution in [3.05, 3.63) is 12.2 Å². The highest BCUT2D eigenvalue weighted by Gasteiger charge is 2.22. The molecular weight excluding hydrogens is 152 g/mol. The molecule has 0 aromatic rings. The van der Waals surface area contributed by atoms with Gasteiger partial charge in [-0.1, -0.05) is 34.3 Å². The molecule has 0 spiro atoms. The van der Waals surface area contributed by atoms with E-state index in [0.717, 1.165) is 0 Å². The summed E-state index contributed by atoms with van der Waals surface area (Å²) in [5.41, 5.74) is 0.454. The molecule has 0 amide bonds. The fourth-order valence-electron chi connectivity index (χ4n) is 0.763. The van der Waals surface area contributed by atoms with Crippen molar-refractivity contribution in [3.63, 3.8) is 0 Å². The summed E-state index contributed by atoms with van der Waals surface area (Å²) in [5, 5.41) is 8.60. The van der Waals surface area contributed by atoms with Crippen LogP contribution in [0.1, 0.15) is 34.1 Å². The van der Waals surface area contributed by atoms with Gasteiger partial charge in [0, 0.05) is 5.57 Å². The van der Waals surface area contributed by atoms with E-state index in [1.54, 1.807) is 0 Å². The molecule has 0 bridgehead atoms. The van der Waals surface area contributed by atoms with Gasteiger partial charge in [-0.2, -0.15) is 0 Å². The summed E-state index contributed by atoms with van der Waals surface area (Å²) in [6.07, 6.45) is 0.568. The van der Waals surface area contributed by atoms with Crippen LogP contribution in [0, 0.1) is 11.3 Å². The number of carbonyl (C=O) groups is 1. The molecule has 1 N–H and O–H groups in total. The maximum Gasteiger partial charge on any atom is 0.330 e. The molecule has 0 heterocycles. The molecular formula is C10H18O2. The predicted octanol–water partition coefficient (Wildman–Crippen LogP) is 2.70. The second kappa shape index (κ2) is 3.74. The topological polar surface area (TPSA) is 37.3 Å². The van der Waals surface area contributed by atoms with Crippen molar-refractivity contribution in [1.29, 1.82) is 0 Å². The van der Waals surface area contributed by atoms with Crippen molar-refractivity contribution in [2.75, 3.05) is 0 Å². The Labute approximate surface area is 74.3 Å². The summed E-state index contributed by atoms with van der Waals surface area (Å²) >= 11 is 0. The van der Waals surface area contributed by atoms with Gasteiger partial charge in [-0.05, 0) is 17.8 Å². The second-order valence-electron chi connectivity index (χ2n) is 4.38. The summed E-state index contributed by atoms with van der Waals surface area (Å²) in [6.45, 7) is 11.9. The van der Waals surface area contributed by atoms with Crippen LogP contribution in [0.2, 0.25) is 0 Å². The van der Waals surface area contributed by atoms with Crippen molar-refractivity contribution in [1.82, 2.24) is 0 Å². The maximum absolute atomic E-state index is 10.5. The molecule has 0 aromatic heterocycles. The van der Waals surface area contributed by atoms with E-state index in [1.165, 1.54) is 0 Å². The van der Waals surface area contributed by atoms with E-state index in [-0.39, 0.29) is 5.41 Å². The number of hydrogen-bond acceptors (Lipinski definition) is 1. The molecule has 0 aliphatic rings. The monoisotopic (exact) mass is 170 g/mol. The van der Waals surface area contributed by atoms with Crippen LogP contribution in [-0.4, -0.2) is 11.1 Å². The largest absolute Gasteiger partial charge is 0.478 e. The third kappa shape index (κ3) is 3.56. The summed E-state index contributed by atoms with van der Waals surface area (Å²) in [5.74, 6) is -0.535. The van der Waals surface area contributed by atoms with Gasteiger partial charge in [-0.15, -0.1) is 0 Å². The minimum absolute atomic E-state index is 0.151. The third-order valence-electron chi connectivity index (χ3n) is 2.33. The van der Waals surface area contributed by atoms with Gasteiger partial charge in [0.2, 0.25) is 0 Å². The van der Waals surface area contributed by atoms with Crippen LogP contribution in [0.4, 0.5) is 0 Å². The molecule has 12 heavy (non-hydrogen) atoms. The molecule has 0 aromatic carbocycles. The van der Waals surface area contributed by atoms with Crippen molar-refractivity contribution in [3.8, 4) is 0 Å². The third-order valence-corrected chi connectivity index (χ3v) is 2.33. The Kier molecular flexibility index (Phi) is 3.50. The maximum atomic E-state index is 10.5. The lowest BCUT2D eigenvalue weighted by Crippen LogP contribution is -2.19. The molecule has 1 unspecified atom stereocenters. The number of carboxylic acids is 1. The fraction of sp³-hybridized carbons (Fsp3) is 0.700. The van der Waals surface area contributed by atoms with Crippen LogP contribution in [0.3, 0.4) is 0 Å². The van der Waals surface area contributed by atoms with E-state index in [1.807, 2.05) is 6.92 Å². The van der Waals surface area contributed by atoms with Crippen molar-refractivity contribution < 1.29 is 9.90 Å². The van der Waals surface area contributed by atoms with Gasteiger partial charge < -0.3 is 5.11 Å². The van der Waals surface area contributed by atoms with Crippen LogP contribution in [0.15, 0.2) is 12.2 Å². The van der Waals surface area contributed by atoms with Crippen molar-refractivity contribution >= 4 is 5.97 Å². The Hall–Kier alpha value is -0.790. The summed E-state index contributed by atoms with van der Waals surface area (Å²) in [6, 6.07) is 0. The van der Waals surface area contributed by atoms with Gasteiger partial charge in [-0.25, -0.2) is 4.79 Å². The van der Waals surface area contributed by atoms with Gasteiger partial charge in [0.25, 0.3) is 0 Å². The van der Waals surface area contributed by atoms with Crippen LogP contribution in [-0.2, 0) is 4.79 Å². The highest BCUT2D eigenvalue weighted by Crippen LogP contribution is 2.29. The smallest absolute Gasteiger partial charge is 0.330 e. The van der Waals surface area contributed by atoms with E-state index in [2.05, 4.69) is 27.4 Å². The van der Waals surface area contributed by atoms with E-state index >= 15 is 0 Å². The number of carboxylic acid groups (broad SMARTS) is 1. The number of hydrogen-bond donors (Lipinski definition) is 1. The Morgan fingerprint density at radius 2 is 1.92 bits per heavy atom. The zero-order valence-electron chi connectivity index (χ0n) is 8.35. The number of rotatable bonds is 3. The molecule has 70 valence electrons. The van der Waals surface area contributed by atoms with E-state index in [4.69, 9.17) is 5.11 Å². The van der Waals surface area contributed by atoms with Crippen molar-refractivity contribution in [2.24, 2.45) is 11.3 Å². The Morgan fingerprint density at radius 1 is 1.50 bits per heavy atom. The first-order valence-electron chi connectivity index (χ1n) is 4.16. The van der Waals surface area contributed by atoms with E-state index in [0.29, 0.717) is 17.9 Å². The molecule has 0 radical (unpaired) electrons. The highest BCUT2D eigenvalue weighted by atomic mass is 16.4. The Balaban J connectivity index is 4.11. The summed E-state index contributed by atoms with van der Waals surface area (Å²) in [7, 11) is 0. The average Bonchev–Trinajstić information content (AvgIpc) is 1.85. The summed E-state index contributed by atoms with van der Waals surface area (Å²) in [4.78, 5) is 10.5. The van der Waals surface area contributed by atoms with Crippen molar-refractivity contribution in [2.45, 2.75) is 34.1 Å². The van der Waals surface area contributed by atoms with Gasteiger partial charge in [0.05, 0.1) is 0 Å². The SMILES string of the molecule is C=C(CC(C)C(C)(C)C)C(=O)O. The van der Waals surface area contributed by atoms with Crippen LogP contribution in [0.25, 0.3) is 0 Å². The van der Waals surface area contributed by atoms with Gasteiger partial charge in [0.15, 0.2) is 0 Å². The van der Waals surface area contributed by atoms with Crippen LogP contribution >= 0.6 is 0 Å². The molecule has 0 saturated carbocycles. The van der Waals surface area contributed by atoms with Gasteiger partial charge in [-0.3, -0.25) is 0 Å². The minimum Gasteiger partial charge on any atom is -0.478 e.